The SMILES string of the molecule is CC(C)(C)C1OCCC1C(=O)O. The van der Waals surface area contributed by atoms with Crippen LogP contribution in [0.15, 0.2) is 0 Å². The van der Waals surface area contributed by atoms with Gasteiger partial charge in [0.1, 0.15) is 0 Å². The van der Waals surface area contributed by atoms with Crippen LogP contribution in [0.25, 0.3) is 0 Å². The van der Waals surface area contributed by atoms with Crippen molar-refractivity contribution in [3.8, 4) is 0 Å². The standard InChI is InChI=1S/C9H16O3/c1-9(2,3)7-6(8(10)11)4-5-12-7/h6-7H,4-5H2,1-3H3,(H,10,11). The predicted octanol–water partition coefficient (Wildman–Crippen LogP) is 1.52. The van der Waals surface area contributed by atoms with Crippen molar-refractivity contribution in [2.75, 3.05) is 6.61 Å². The van der Waals surface area contributed by atoms with Crippen LogP contribution >= 0.6 is 0 Å². The fourth-order valence-corrected chi connectivity index (χ4v) is 1.70. The van der Waals surface area contributed by atoms with Crippen LogP contribution in [0.3, 0.4) is 0 Å². The number of ether oxygens (including phenoxy) is 1. The van der Waals surface area contributed by atoms with E-state index in [-0.39, 0.29) is 17.4 Å². The summed E-state index contributed by atoms with van der Waals surface area (Å²) in [6, 6.07) is 0. The lowest BCUT2D eigenvalue weighted by atomic mass is 9.81. The average Bonchev–Trinajstić information content (AvgIpc) is 2.30. The zero-order valence-electron chi connectivity index (χ0n) is 7.83. The molecule has 0 aromatic heterocycles. The van der Waals surface area contributed by atoms with Crippen molar-refractivity contribution in [3.63, 3.8) is 0 Å². The first-order valence-electron chi connectivity index (χ1n) is 4.27. The van der Waals surface area contributed by atoms with Crippen molar-refractivity contribution in [1.29, 1.82) is 0 Å². The molecule has 1 fully saturated rings. The van der Waals surface area contributed by atoms with Gasteiger partial charge in [-0.3, -0.25) is 4.79 Å². The van der Waals surface area contributed by atoms with Crippen LogP contribution in [0.1, 0.15) is 27.2 Å². The molecule has 1 aliphatic rings. The molecule has 0 aliphatic carbocycles. The molecule has 1 aliphatic heterocycles. The Morgan fingerprint density at radius 3 is 2.42 bits per heavy atom. The van der Waals surface area contributed by atoms with E-state index in [1.54, 1.807) is 0 Å². The van der Waals surface area contributed by atoms with Crippen molar-refractivity contribution < 1.29 is 14.6 Å². The maximum Gasteiger partial charge on any atom is 0.309 e. The van der Waals surface area contributed by atoms with Crippen molar-refractivity contribution in [1.82, 2.24) is 0 Å². The predicted molar refractivity (Wildman–Crippen MR) is 44.9 cm³/mol. The third kappa shape index (κ3) is 1.78. The molecule has 3 nitrogen and oxygen atoms in total. The molecule has 0 spiro atoms. The third-order valence-corrected chi connectivity index (χ3v) is 2.26. The van der Waals surface area contributed by atoms with Gasteiger partial charge in [-0.15, -0.1) is 0 Å². The van der Waals surface area contributed by atoms with E-state index in [2.05, 4.69) is 0 Å². The van der Waals surface area contributed by atoms with E-state index < -0.39 is 5.97 Å². The van der Waals surface area contributed by atoms with Crippen LogP contribution in [-0.4, -0.2) is 23.8 Å². The second-order valence-corrected chi connectivity index (χ2v) is 4.39. The highest BCUT2D eigenvalue weighted by atomic mass is 16.5. The molecule has 1 heterocycles. The highest BCUT2D eigenvalue weighted by molar-refractivity contribution is 5.71. The van der Waals surface area contributed by atoms with Gasteiger partial charge in [-0.2, -0.15) is 0 Å². The van der Waals surface area contributed by atoms with E-state index in [0.717, 1.165) is 0 Å². The normalized spacial score (nSPS) is 30.6. The molecule has 0 bridgehead atoms. The van der Waals surface area contributed by atoms with Crippen LogP contribution < -0.4 is 0 Å². The topological polar surface area (TPSA) is 46.5 Å². The Balaban J connectivity index is 2.71. The quantitative estimate of drug-likeness (QED) is 0.652. The Morgan fingerprint density at radius 1 is 1.50 bits per heavy atom. The van der Waals surface area contributed by atoms with Crippen molar-refractivity contribution in [3.05, 3.63) is 0 Å². The Morgan fingerprint density at radius 2 is 2.08 bits per heavy atom. The third-order valence-electron chi connectivity index (χ3n) is 2.26. The number of carboxylic acid groups (broad SMARTS) is 1. The van der Waals surface area contributed by atoms with Gasteiger partial charge in [-0.05, 0) is 11.8 Å². The average molecular weight is 172 g/mol. The molecule has 0 radical (unpaired) electrons. The molecule has 1 rings (SSSR count). The smallest absolute Gasteiger partial charge is 0.309 e. The highest BCUT2D eigenvalue weighted by Crippen LogP contribution is 2.34. The van der Waals surface area contributed by atoms with Crippen LogP contribution in [0.4, 0.5) is 0 Å². The highest BCUT2D eigenvalue weighted by Gasteiger charge is 2.41. The lowest BCUT2D eigenvalue weighted by Crippen LogP contribution is -2.35. The molecule has 0 amide bonds. The number of carboxylic acids is 1. The fraction of sp³-hybridized carbons (Fsp3) is 0.889. The summed E-state index contributed by atoms with van der Waals surface area (Å²) in [4.78, 5) is 10.8. The van der Waals surface area contributed by atoms with Crippen LogP contribution in [0.5, 0.6) is 0 Å². The van der Waals surface area contributed by atoms with Crippen molar-refractivity contribution in [2.24, 2.45) is 11.3 Å². The molecule has 3 heteroatoms. The largest absolute Gasteiger partial charge is 0.481 e. The number of hydrogen-bond donors (Lipinski definition) is 1. The van der Waals surface area contributed by atoms with Crippen LogP contribution in [0, 0.1) is 11.3 Å². The maximum atomic E-state index is 10.8. The molecule has 70 valence electrons. The van der Waals surface area contributed by atoms with Gasteiger partial charge >= 0.3 is 5.97 Å². The maximum absolute atomic E-state index is 10.8. The van der Waals surface area contributed by atoms with E-state index in [4.69, 9.17) is 9.84 Å². The van der Waals surface area contributed by atoms with Crippen LogP contribution in [-0.2, 0) is 9.53 Å². The molecule has 2 atom stereocenters. The summed E-state index contributed by atoms with van der Waals surface area (Å²) < 4.78 is 5.41. The molecule has 0 aromatic carbocycles. The zero-order valence-corrected chi connectivity index (χ0v) is 7.83. The molecule has 0 aromatic rings. The van der Waals surface area contributed by atoms with Crippen molar-refractivity contribution in [2.45, 2.75) is 33.3 Å². The summed E-state index contributed by atoms with van der Waals surface area (Å²) in [6.45, 7) is 6.62. The van der Waals surface area contributed by atoms with Gasteiger partial charge in [-0.25, -0.2) is 0 Å². The molecule has 1 N–H and O–H groups in total. The fourth-order valence-electron chi connectivity index (χ4n) is 1.70. The Kier molecular flexibility index (Phi) is 2.42. The summed E-state index contributed by atoms with van der Waals surface area (Å²) >= 11 is 0. The number of hydrogen-bond acceptors (Lipinski definition) is 2. The van der Waals surface area contributed by atoms with Gasteiger partial charge in [0.15, 0.2) is 0 Å². The summed E-state index contributed by atoms with van der Waals surface area (Å²) in [5.41, 5.74) is -0.0699. The lowest BCUT2D eigenvalue weighted by molar-refractivity contribution is -0.145. The van der Waals surface area contributed by atoms with E-state index in [1.165, 1.54) is 0 Å². The number of carbonyl (C=O) groups is 1. The second-order valence-electron chi connectivity index (χ2n) is 4.39. The molecule has 1 saturated heterocycles. The number of aliphatic carboxylic acids is 1. The second kappa shape index (κ2) is 3.05. The summed E-state index contributed by atoms with van der Waals surface area (Å²) in [6.07, 6.45) is 0.520. The summed E-state index contributed by atoms with van der Waals surface area (Å²) in [7, 11) is 0. The van der Waals surface area contributed by atoms with E-state index in [0.29, 0.717) is 13.0 Å². The van der Waals surface area contributed by atoms with Gasteiger partial charge in [0.05, 0.1) is 12.0 Å². The van der Waals surface area contributed by atoms with Gasteiger partial charge in [0.2, 0.25) is 0 Å². The number of rotatable bonds is 1. The van der Waals surface area contributed by atoms with E-state index in [1.807, 2.05) is 20.8 Å². The van der Waals surface area contributed by atoms with Gasteiger partial charge < -0.3 is 9.84 Å². The lowest BCUT2D eigenvalue weighted by Gasteiger charge is -2.28. The summed E-state index contributed by atoms with van der Waals surface area (Å²) in [5, 5.41) is 8.87. The first-order valence-corrected chi connectivity index (χ1v) is 4.27. The Labute approximate surface area is 72.7 Å². The molecular formula is C9H16O3. The Hall–Kier alpha value is -0.570. The zero-order chi connectivity index (χ0) is 9.35. The summed E-state index contributed by atoms with van der Waals surface area (Å²) in [5.74, 6) is -1.04. The molecular weight excluding hydrogens is 156 g/mol. The van der Waals surface area contributed by atoms with Gasteiger partial charge in [0.25, 0.3) is 0 Å². The van der Waals surface area contributed by atoms with E-state index in [9.17, 15) is 4.79 Å². The Bertz CT molecular complexity index is 181. The molecule has 0 saturated carbocycles. The minimum absolute atomic E-state index is 0.0699. The minimum Gasteiger partial charge on any atom is -0.481 e. The molecule has 2 unspecified atom stereocenters. The van der Waals surface area contributed by atoms with Crippen molar-refractivity contribution >= 4 is 5.97 Å². The van der Waals surface area contributed by atoms with Crippen LogP contribution in [0.2, 0.25) is 0 Å². The van der Waals surface area contributed by atoms with E-state index >= 15 is 0 Å². The first-order chi connectivity index (χ1) is 5.43. The van der Waals surface area contributed by atoms with Gasteiger partial charge in [-0.1, -0.05) is 20.8 Å². The molecule has 12 heavy (non-hydrogen) atoms. The minimum atomic E-state index is -0.729. The monoisotopic (exact) mass is 172 g/mol. The van der Waals surface area contributed by atoms with Gasteiger partial charge in [0, 0.05) is 6.61 Å². The first kappa shape index (κ1) is 9.52.